The molecule has 0 aromatic heterocycles. The number of methoxy groups -OCH3 is 1. The summed E-state index contributed by atoms with van der Waals surface area (Å²) >= 11 is 0. The second kappa shape index (κ2) is 15.1. The Kier molecular flexibility index (Phi) is 11.9. The summed E-state index contributed by atoms with van der Waals surface area (Å²) in [6, 6.07) is 12.6. The number of ether oxygens (including phenoxy) is 3. The summed E-state index contributed by atoms with van der Waals surface area (Å²) in [6.45, 7) is 5.57. The molecule has 0 aliphatic rings. The van der Waals surface area contributed by atoms with Crippen molar-refractivity contribution in [2.45, 2.75) is 58.3 Å². The molecule has 0 saturated carbocycles. The van der Waals surface area contributed by atoms with E-state index in [9.17, 15) is 24.0 Å². The molecule has 0 spiro atoms. The number of unbranched alkanes of at least 4 members (excludes halogenated alkanes) is 1. The van der Waals surface area contributed by atoms with E-state index in [0.717, 1.165) is 5.56 Å². The Balaban J connectivity index is 1.95. The fourth-order valence-electron chi connectivity index (χ4n) is 3.43. The van der Waals surface area contributed by atoms with Crippen molar-refractivity contribution in [3.05, 3.63) is 59.7 Å². The molecule has 0 bridgehead atoms. The number of alkyl carbamates (subject to hydrolysis) is 2. The van der Waals surface area contributed by atoms with Gasteiger partial charge in [0.05, 0.1) is 12.7 Å². The van der Waals surface area contributed by atoms with Crippen LogP contribution in [-0.2, 0) is 25.7 Å². The maximum atomic E-state index is 13.1. The lowest BCUT2D eigenvalue weighted by atomic mass is 10.1. The summed E-state index contributed by atoms with van der Waals surface area (Å²) in [5.74, 6) is -1.17. The zero-order valence-electron chi connectivity index (χ0n) is 22.6. The number of benzene rings is 2. The summed E-state index contributed by atoms with van der Waals surface area (Å²) in [5.41, 5.74) is 0.334. The van der Waals surface area contributed by atoms with Crippen LogP contribution in [0.3, 0.4) is 0 Å². The molecule has 210 valence electrons. The van der Waals surface area contributed by atoms with Crippen LogP contribution in [-0.4, -0.2) is 55.5 Å². The number of carbonyl (C=O) groups is 5. The molecule has 1 unspecified atom stereocenters. The molecular weight excluding hydrogens is 506 g/mol. The Hall–Kier alpha value is -4.41. The molecule has 1 atom stereocenters. The Morgan fingerprint density at radius 2 is 1.69 bits per heavy atom. The zero-order valence-corrected chi connectivity index (χ0v) is 22.6. The highest BCUT2D eigenvalue weighted by Crippen LogP contribution is 2.23. The molecule has 11 nitrogen and oxygen atoms in total. The molecule has 0 fully saturated rings. The van der Waals surface area contributed by atoms with E-state index in [1.807, 2.05) is 30.3 Å². The van der Waals surface area contributed by atoms with Crippen LogP contribution in [0.5, 0.6) is 5.75 Å². The molecule has 3 N–H and O–H groups in total. The summed E-state index contributed by atoms with van der Waals surface area (Å²) in [5, 5.41) is 7.87. The van der Waals surface area contributed by atoms with Gasteiger partial charge in [-0.15, -0.1) is 0 Å². The highest BCUT2D eigenvalue weighted by Gasteiger charge is 2.25. The number of hydrogen-bond acceptors (Lipinski definition) is 8. The van der Waals surface area contributed by atoms with Gasteiger partial charge in [-0.05, 0) is 63.8 Å². The predicted octanol–water partition coefficient (Wildman–Crippen LogP) is 4.01. The minimum Gasteiger partial charge on any atom is -0.496 e. The quantitative estimate of drug-likeness (QED) is 0.149. The second-order valence-electron chi connectivity index (χ2n) is 9.57. The molecule has 2 aromatic carbocycles. The molecule has 2 rings (SSSR count). The molecular formula is C28H35N3O8. The van der Waals surface area contributed by atoms with Crippen LogP contribution < -0.4 is 20.7 Å². The van der Waals surface area contributed by atoms with E-state index in [0.29, 0.717) is 19.4 Å². The number of Topliss-reactive ketones (excluding diaryl/α,β-unsaturated/α-hetero) is 1. The third-order valence-electron chi connectivity index (χ3n) is 5.25. The number of nitrogens with one attached hydrogen (secondary N) is 3. The monoisotopic (exact) mass is 541 g/mol. The maximum absolute atomic E-state index is 13.1. The number of hydrogen-bond donors (Lipinski definition) is 3. The highest BCUT2D eigenvalue weighted by molar-refractivity contribution is 6.34. The van der Waals surface area contributed by atoms with E-state index in [1.165, 1.54) is 25.3 Å². The van der Waals surface area contributed by atoms with E-state index >= 15 is 0 Å². The number of carbonyl (C=O) groups excluding carboxylic acids is 5. The van der Waals surface area contributed by atoms with Crippen LogP contribution >= 0.6 is 0 Å². The van der Waals surface area contributed by atoms with Crippen molar-refractivity contribution in [1.29, 1.82) is 0 Å². The van der Waals surface area contributed by atoms with E-state index in [-0.39, 0.29) is 36.3 Å². The smallest absolute Gasteiger partial charge is 0.408 e. The van der Waals surface area contributed by atoms with Gasteiger partial charge < -0.3 is 30.2 Å². The summed E-state index contributed by atoms with van der Waals surface area (Å²) in [7, 11) is 1.35. The predicted molar refractivity (Wildman–Crippen MR) is 144 cm³/mol. The van der Waals surface area contributed by atoms with Gasteiger partial charge in [-0.25, -0.2) is 9.59 Å². The third-order valence-corrected chi connectivity index (χ3v) is 5.25. The fourth-order valence-corrected chi connectivity index (χ4v) is 3.43. The van der Waals surface area contributed by atoms with Crippen LogP contribution in [0.2, 0.25) is 0 Å². The lowest BCUT2D eigenvalue weighted by Gasteiger charge is -2.23. The highest BCUT2D eigenvalue weighted by atomic mass is 16.6. The Bertz CT molecular complexity index is 1150. The van der Waals surface area contributed by atoms with Crippen LogP contribution in [0.15, 0.2) is 48.5 Å². The van der Waals surface area contributed by atoms with Gasteiger partial charge in [0.1, 0.15) is 24.0 Å². The Morgan fingerprint density at radius 3 is 2.33 bits per heavy atom. The Morgan fingerprint density at radius 1 is 0.974 bits per heavy atom. The molecule has 0 saturated heterocycles. The molecule has 0 radical (unpaired) electrons. The van der Waals surface area contributed by atoms with Crippen molar-refractivity contribution < 1.29 is 38.2 Å². The zero-order chi connectivity index (χ0) is 28.8. The first kappa shape index (κ1) is 30.8. The van der Waals surface area contributed by atoms with Gasteiger partial charge in [0, 0.05) is 12.2 Å². The molecule has 11 heteroatoms. The molecule has 0 heterocycles. The van der Waals surface area contributed by atoms with Crippen molar-refractivity contribution in [3.63, 3.8) is 0 Å². The van der Waals surface area contributed by atoms with Crippen molar-refractivity contribution >= 4 is 35.9 Å². The van der Waals surface area contributed by atoms with Crippen LogP contribution in [0, 0.1) is 0 Å². The molecule has 3 amide bonds. The van der Waals surface area contributed by atoms with Crippen molar-refractivity contribution in [3.8, 4) is 5.75 Å². The van der Waals surface area contributed by atoms with Crippen LogP contribution in [0.25, 0.3) is 0 Å². The molecule has 0 aliphatic heterocycles. The number of rotatable bonds is 13. The minimum absolute atomic E-state index is 0.00724. The van der Waals surface area contributed by atoms with Gasteiger partial charge in [0.2, 0.25) is 11.7 Å². The number of anilines is 1. The molecule has 39 heavy (non-hydrogen) atoms. The van der Waals surface area contributed by atoms with E-state index in [1.54, 1.807) is 20.8 Å². The largest absolute Gasteiger partial charge is 0.496 e. The lowest BCUT2D eigenvalue weighted by Crippen LogP contribution is -2.45. The minimum atomic E-state index is -0.975. The second-order valence-corrected chi connectivity index (χ2v) is 9.57. The summed E-state index contributed by atoms with van der Waals surface area (Å²) < 4.78 is 15.6. The summed E-state index contributed by atoms with van der Waals surface area (Å²) in [4.78, 5) is 60.3. The molecule has 0 aliphatic carbocycles. The van der Waals surface area contributed by atoms with Crippen molar-refractivity contribution in [2.24, 2.45) is 0 Å². The van der Waals surface area contributed by atoms with Crippen molar-refractivity contribution in [1.82, 2.24) is 10.6 Å². The van der Waals surface area contributed by atoms with E-state index in [2.05, 4.69) is 16.0 Å². The van der Waals surface area contributed by atoms with Gasteiger partial charge in [-0.1, -0.05) is 30.3 Å². The molecule has 2 aromatic rings. The van der Waals surface area contributed by atoms with Crippen LogP contribution in [0.4, 0.5) is 15.3 Å². The van der Waals surface area contributed by atoms with Crippen molar-refractivity contribution in [2.75, 3.05) is 19.0 Å². The van der Waals surface area contributed by atoms with Crippen LogP contribution in [0.1, 0.15) is 56.0 Å². The van der Waals surface area contributed by atoms with Gasteiger partial charge in [-0.2, -0.15) is 0 Å². The number of ketones is 1. The first-order valence-corrected chi connectivity index (χ1v) is 12.4. The maximum Gasteiger partial charge on any atom is 0.408 e. The lowest BCUT2D eigenvalue weighted by molar-refractivity contribution is -0.118. The topological polar surface area (TPSA) is 149 Å². The fraction of sp³-hybridized carbons (Fsp3) is 0.393. The van der Waals surface area contributed by atoms with Gasteiger partial charge in [-0.3, -0.25) is 14.4 Å². The first-order chi connectivity index (χ1) is 18.5. The average Bonchev–Trinajstić information content (AvgIpc) is 2.90. The van der Waals surface area contributed by atoms with Gasteiger partial charge in [0.15, 0.2) is 6.29 Å². The standard InChI is InChI=1S/C28H35N3O8/c1-28(2,3)39-27(36)31-22(12-8-9-15-29-26(35)38-18-19-10-6-5-7-11-19)25(34)30-20-13-14-24(37-4)21(16-20)23(33)17-32/h5-7,10-11,13-14,16-17,22H,8-9,12,15,18H2,1-4H3,(H,29,35)(H,30,34)(H,31,36). The van der Waals surface area contributed by atoms with Gasteiger partial charge >= 0.3 is 12.2 Å². The van der Waals surface area contributed by atoms with E-state index < -0.39 is 35.5 Å². The SMILES string of the molecule is COc1ccc(NC(=O)C(CCCCNC(=O)OCc2ccccc2)NC(=O)OC(C)(C)C)cc1C(=O)C=O. The number of amides is 3. The first-order valence-electron chi connectivity index (χ1n) is 12.4. The Labute approximate surface area is 227 Å². The number of aldehydes is 1. The summed E-state index contributed by atoms with van der Waals surface area (Å²) in [6.07, 6.45) is 0.0617. The van der Waals surface area contributed by atoms with Gasteiger partial charge in [0.25, 0.3) is 0 Å². The van der Waals surface area contributed by atoms with E-state index in [4.69, 9.17) is 14.2 Å². The average molecular weight is 542 g/mol. The normalized spacial score (nSPS) is 11.5. The third kappa shape index (κ3) is 11.2.